The van der Waals surface area contributed by atoms with Crippen LogP contribution in [0.25, 0.3) is 0 Å². The van der Waals surface area contributed by atoms with Crippen LogP contribution in [0.15, 0.2) is 6.33 Å². The number of likely N-dealkylation sites (tertiary alicyclic amines) is 1. The van der Waals surface area contributed by atoms with Crippen LogP contribution in [0.3, 0.4) is 0 Å². The number of carbonyl (C=O) groups excluding carboxylic acids is 1. The van der Waals surface area contributed by atoms with E-state index in [1.54, 1.807) is 0 Å². The molecule has 1 aromatic heterocycles. The third kappa shape index (κ3) is 3.93. The number of aromatic nitrogens is 2. The van der Waals surface area contributed by atoms with Gasteiger partial charge >= 0.3 is 6.09 Å². The third-order valence-corrected chi connectivity index (χ3v) is 4.64. The molecular weight excluding hydrogens is 302 g/mol. The van der Waals surface area contributed by atoms with E-state index in [9.17, 15) is 4.79 Å². The van der Waals surface area contributed by atoms with Crippen LogP contribution in [-0.4, -0.2) is 40.2 Å². The Kier molecular flexibility index (Phi) is 5.31. The summed E-state index contributed by atoms with van der Waals surface area (Å²) in [5.74, 6) is 0.411. The lowest BCUT2D eigenvalue weighted by Crippen LogP contribution is -2.39. The number of piperidine rings is 1. The molecule has 2 rings (SSSR count). The van der Waals surface area contributed by atoms with Crippen molar-refractivity contribution in [3.05, 3.63) is 17.7 Å². The van der Waals surface area contributed by atoms with Crippen LogP contribution in [0, 0.1) is 0 Å². The van der Waals surface area contributed by atoms with Gasteiger partial charge in [0.25, 0.3) is 0 Å². The molecule has 0 aliphatic carbocycles. The van der Waals surface area contributed by atoms with Crippen LogP contribution in [0.5, 0.6) is 0 Å². The number of carbonyl (C=O) groups is 1. The Morgan fingerprint density at radius 1 is 1.21 bits per heavy atom. The zero-order valence-corrected chi connectivity index (χ0v) is 16.3. The van der Waals surface area contributed by atoms with Crippen LogP contribution in [-0.2, 0) is 15.7 Å². The molecule has 1 aliphatic rings. The van der Waals surface area contributed by atoms with Crippen molar-refractivity contribution in [3.63, 3.8) is 0 Å². The van der Waals surface area contributed by atoms with Crippen molar-refractivity contribution in [2.75, 3.05) is 19.7 Å². The number of nitrogens with zero attached hydrogens (tertiary/aromatic N) is 3. The minimum atomic E-state index is -0.188. The molecule has 0 bridgehead atoms. The van der Waals surface area contributed by atoms with E-state index in [0.29, 0.717) is 12.5 Å². The first-order chi connectivity index (χ1) is 11.1. The molecule has 0 radical (unpaired) electrons. The fraction of sp³-hybridized carbons (Fsp3) is 0.789. The number of hydrogen-bond acceptors (Lipinski definition) is 3. The Labute approximate surface area is 146 Å². The topological polar surface area (TPSA) is 47.4 Å². The summed E-state index contributed by atoms with van der Waals surface area (Å²) >= 11 is 0. The average molecular weight is 335 g/mol. The maximum Gasteiger partial charge on any atom is 0.409 e. The highest BCUT2D eigenvalue weighted by molar-refractivity contribution is 5.67. The molecule has 1 aliphatic heterocycles. The summed E-state index contributed by atoms with van der Waals surface area (Å²) in [5, 5.41) is 0. The molecule has 2 heterocycles. The Balaban J connectivity index is 2.22. The molecule has 1 saturated heterocycles. The lowest BCUT2D eigenvalue weighted by atomic mass is 9.83. The minimum Gasteiger partial charge on any atom is -0.450 e. The number of ether oxygens (including phenoxy) is 1. The van der Waals surface area contributed by atoms with Gasteiger partial charge in [-0.25, -0.2) is 9.78 Å². The molecule has 0 aromatic carbocycles. The molecule has 5 nitrogen and oxygen atoms in total. The maximum absolute atomic E-state index is 11.9. The van der Waals surface area contributed by atoms with E-state index in [-0.39, 0.29) is 17.0 Å². The van der Waals surface area contributed by atoms with Crippen LogP contribution in [0.4, 0.5) is 4.79 Å². The molecule has 5 heteroatoms. The van der Waals surface area contributed by atoms with Crippen molar-refractivity contribution < 1.29 is 9.53 Å². The van der Waals surface area contributed by atoms with Crippen molar-refractivity contribution in [1.29, 1.82) is 0 Å². The SMILES string of the molecule is CCOC(=O)N1CCC(c2ncn(C(C)(C)C)c2C(C)(C)C)CC1. The van der Waals surface area contributed by atoms with E-state index in [1.807, 2.05) is 18.2 Å². The van der Waals surface area contributed by atoms with Gasteiger partial charge in [-0.1, -0.05) is 20.8 Å². The zero-order valence-electron chi connectivity index (χ0n) is 16.3. The van der Waals surface area contributed by atoms with E-state index < -0.39 is 0 Å². The monoisotopic (exact) mass is 335 g/mol. The molecule has 0 atom stereocenters. The molecule has 1 amide bonds. The number of amides is 1. The first kappa shape index (κ1) is 18.8. The molecule has 0 unspecified atom stereocenters. The second-order valence-electron chi connectivity index (χ2n) is 8.73. The fourth-order valence-corrected chi connectivity index (χ4v) is 3.47. The summed E-state index contributed by atoms with van der Waals surface area (Å²) in [4.78, 5) is 18.5. The second-order valence-corrected chi connectivity index (χ2v) is 8.73. The summed E-state index contributed by atoms with van der Waals surface area (Å²) in [6.45, 7) is 17.2. The normalized spacial score (nSPS) is 17.2. The van der Waals surface area contributed by atoms with Gasteiger partial charge in [0.15, 0.2) is 0 Å². The van der Waals surface area contributed by atoms with Crippen molar-refractivity contribution in [1.82, 2.24) is 14.5 Å². The van der Waals surface area contributed by atoms with Crippen LogP contribution in [0.1, 0.15) is 78.6 Å². The lowest BCUT2D eigenvalue weighted by molar-refractivity contribution is 0.0967. The number of rotatable bonds is 2. The van der Waals surface area contributed by atoms with Gasteiger partial charge in [0.1, 0.15) is 0 Å². The van der Waals surface area contributed by atoms with Gasteiger partial charge in [0.2, 0.25) is 0 Å². The van der Waals surface area contributed by atoms with Crippen molar-refractivity contribution in [2.24, 2.45) is 0 Å². The average Bonchev–Trinajstić information content (AvgIpc) is 2.93. The summed E-state index contributed by atoms with van der Waals surface area (Å²) in [6.07, 6.45) is 3.70. The molecule has 1 aromatic rings. The van der Waals surface area contributed by atoms with E-state index in [4.69, 9.17) is 9.72 Å². The molecule has 0 N–H and O–H groups in total. The summed E-state index contributed by atoms with van der Waals surface area (Å²) in [7, 11) is 0. The summed E-state index contributed by atoms with van der Waals surface area (Å²) in [5.41, 5.74) is 2.59. The Morgan fingerprint density at radius 3 is 2.25 bits per heavy atom. The van der Waals surface area contributed by atoms with Gasteiger partial charge in [-0.15, -0.1) is 0 Å². The predicted octanol–water partition coefficient (Wildman–Crippen LogP) is 4.27. The Hall–Kier alpha value is -1.52. The molecule has 0 spiro atoms. The predicted molar refractivity (Wildman–Crippen MR) is 96.5 cm³/mol. The van der Waals surface area contributed by atoms with E-state index >= 15 is 0 Å². The van der Waals surface area contributed by atoms with E-state index in [0.717, 1.165) is 25.9 Å². The fourth-order valence-electron chi connectivity index (χ4n) is 3.47. The quantitative estimate of drug-likeness (QED) is 0.811. The highest BCUT2D eigenvalue weighted by Gasteiger charge is 2.34. The van der Waals surface area contributed by atoms with Gasteiger partial charge in [-0.05, 0) is 40.5 Å². The molecule has 24 heavy (non-hydrogen) atoms. The Bertz CT molecular complexity index is 570. The number of imidazole rings is 1. The van der Waals surface area contributed by atoms with E-state index in [1.165, 1.54) is 11.4 Å². The third-order valence-electron chi connectivity index (χ3n) is 4.64. The molecular formula is C19H33N3O2. The highest BCUT2D eigenvalue weighted by Crippen LogP contribution is 2.37. The summed E-state index contributed by atoms with van der Waals surface area (Å²) < 4.78 is 7.44. The molecule has 136 valence electrons. The smallest absolute Gasteiger partial charge is 0.409 e. The molecule has 1 fully saturated rings. The highest BCUT2D eigenvalue weighted by atomic mass is 16.6. The van der Waals surface area contributed by atoms with Gasteiger partial charge in [-0.2, -0.15) is 0 Å². The maximum atomic E-state index is 11.9. The lowest BCUT2D eigenvalue weighted by Gasteiger charge is -2.34. The minimum absolute atomic E-state index is 0.0134. The standard InChI is InChI=1S/C19H33N3O2/c1-8-24-17(23)21-11-9-14(10-12-21)15-16(18(2,3)4)22(13-20-15)19(5,6)7/h13-14H,8-12H2,1-7H3. The first-order valence-electron chi connectivity index (χ1n) is 9.05. The van der Waals surface area contributed by atoms with Crippen molar-refractivity contribution in [2.45, 2.75) is 78.2 Å². The van der Waals surface area contributed by atoms with Crippen molar-refractivity contribution in [3.8, 4) is 0 Å². The summed E-state index contributed by atoms with van der Waals surface area (Å²) in [6, 6.07) is 0. The van der Waals surface area contributed by atoms with Crippen LogP contribution < -0.4 is 0 Å². The van der Waals surface area contributed by atoms with Gasteiger partial charge in [-0.3, -0.25) is 0 Å². The van der Waals surface area contributed by atoms with Gasteiger partial charge < -0.3 is 14.2 Å². The Morgan fingerprint density at radius 2 is 1.79 bits per heavy atom. The first-order valence-corrected chi connectivity index (χ1v) is 9.05. The largest absolute Gasteiger partial charge is 0.450 e. The zero-order chi connectivity index (χ0) is 18.1. The van der Waals surface area contributed by atoms with Gasteiger partial charge in [0, 0.05) is 35.7 Å². The van der Waals surface area contributed by atoms with E-state index in [2.05, 4.69) is 46.1 Å². The van der Waals surface area contributed by atoms with Crippen molar-refractivity contribution >= 4 is 6.09 Å². The van der Waals surface area contributed by atoms with Crippen LogP contribution in [0.2, 0.25) is 0 Å². The number of hydrogen-bond donors (Lipinski definition) is 0. The second kappa shape index (κ2) is 6.77. The van der Waals surface area contributed by atoms with Crippen LogP contribution >= 0.6 is 0 Å². The van der Waals surface area contributed by atoms with Gasteiger partial charge in [0.05, 0.1) is 18.6 Å². The molecule has 0 saturated carbocycles.